The van der Waals surface area contributed by atoms with E-state index in [0.717, 1.165) is 12.0 Å². The smallest absolute Gasteiger partial charge is 0.258 e. The number of H-pyrrole nitrogens is 1. The van der Waals surface area contributed by atoms with Crippen molar-refractivity contribution in [3.05, 3.63) is 57.4 Å². The van der Waals surface area contributed by atoms with E-state index in [4.69, 9.17) is 23.7 Å². The number of carbonyl (C=O) groups excluding carboxylic acids is 1. The fraction of sp³-hybridized carbons (Fsp3) is 0.333. The number of benzene rings is 2. The highest BCUT2D eigenvalue weighted by Crippen LogP contribution is 2.45. The molecule has 0 spiro atoms. The number of nitrogens with one attached hydrogen (secondary N) is 3. The number of amides is 1. The van der Waals surface area contributed by atoms with Gasteiger partial charge in [-0.3, -0.25) is 14.6 Å². The maximum absolute atomic E-state index is 13.4. The first-order valence-electron chi connectivity index (χ1n) is 12.2. The molecule has 0 saturated carbocycles. The standard InChI is InChI=1S/C27H27N5O7/c1-35-18-11-20(37-3)19(36-2)10-15(18)22-16(12-28)25(33)30-24-23(22)26(34)32-27(31-24)29-13-14-5-6-17-21(9-14)39-8-4-7-38-17/h5-6,9-11,16,22H,4,7-8,13H2,1-3H3,(H3,29,30,31,32,33,34). The molecular weight excluding hydrogens is 506 g/mol. The molecule has 202 valence electrons. The van der Waals surface area contributed by atoms with E-state index in [1.54, 1.807) is 12.1 Å². The molecule has 2 unspecified atom stereocenters. The summed E-state index contributed by atoms with van der Waals surface area (Å²) < 4.78 is 27.7. The molecule has 2 aromatic carbocycles. The number of hydrogen-bond acceptors (Lipinski definition) is 10. The summed E-state index contributed by atoms with van der Waals surface area (Å²) in [6, 6.07) is 10.8. The van der Waals surface area contributed by atoms with Gasteiger partial charge < -0.3 is 34.3 Å². The summed E-state index contributed by atoms with van der Waals surface area (Å²) in [7, 11) is 4.39. The third kappa shape index (κ3) is 4.86. The summed E-state index contributed by atoms with van der Waals surface area (Å²) >= 11 is 0. The zero-order chi connectivity index (χ0) is 27.5. The number of hydrogen-bond donors (Lipinski definition) is 3. The van der Waals surface area contributed by atoms with E-state index in [1.807, 2.05) is 24.3 Å². The first-order valence-corrected chi connectivity index (χ1v) is 12.2. The van der Waals surface area contributed by atoms with Crippen LogP contribution in [-0.2, 0) is 11.3 Å². The van der Waals surface area contributed by atoms with Crippen LogP contribution < -0.4 is 39.9 Å². The van der Waals surface area contributed by atoms with E-state index < -0.39 is 23.3 Å². The summed E-state index contributed by atoms with van der Waals surface area (Å²) in [6.45, 7) is 1.48. The second-order valence-corrected chi connectivity index (χ2v) is 8.88. The minimum absolute atomic E-state index is 0.0539. The first-order chi connectivity index (χ1) is 19.0. The fourth-order valence-corrected chi connectivity index (χ4v) is 4.73. The van der Waals surface area contributed by atoms with E-state index >= 15 is 0 Å². The average Bonchev–Trinajstić information content (AvgIpc) is 3.19. The van der Waals surface area contributed by atoms with Crippen molar-refractivity contribution in [2.75, 3.05) is 45.2 Å². The number of carbonyl (C=O) groups is 1. The van der Waals surface area contributed by atoms with Gasteiger partial charge in [-0.25, -0.2) is 0 Å². The van der Waals surface area contributed by atoms with Gasteiger partial charge in [0.15, 0.2) is 23.0 Å². The van der Waals surface area contributed by atoms with Crippen LogP contribution in [0.1, 0.15) is 29.0 Å². The molecule has 3 heterocycles. The number of aromatic nitrogens is 2. The van der Waals surface area contributed by atoms with Crippen molar-refractivity contribution in [2.24, 2.45) is 5.92 Å². The summed E-state index contributed by atoms with van der Waals surface area (Å²) in [5, 5.41) is 15.6. The number of nitriles is 1. The largest absolute Gasteiger partial charge is 0.496 e. The van der Waals surface area contributed by atoms with Crippen LogP contribution in [-0.4, -0.2) is 50.4 Å². The van der Waals surface area contributed by atoms with E-state index in [-0.39, 0.29) is 17.3 Å². The molecular formula is C27H27N5O7. The second-order valence-electron chi connectivity index (χ2n) is 8.88. The molecule has 0 aliphatic carbocycles. The summed E-state index contributed by atoms with van der Waals surface area (Å²) in [4.78, 5) is 33.6. The Morgan fingerprint density at radius 2 is 1.74 bits per heavy atom. The molecule has 0 radical (unpaired) electrons. The van der Waals surface area contributed by atoms with Crippen molar-refractivity contribution >= 4 is 17.7 Å². The number of ether oxygens (including phenoxy) is 5. The van der Waals surface area contributed by atoms with Gasteiger partial charge in [0.25, 0.3) is 5.56 Å². The summed E-state index contributed by atoms with van der Waals surface area (Å²) in [5.41, 5.74) is 0.912. The molecule has 5 rings (SSSR count). The fourth-order valence-electron chi connectivity index (χ4n) is 4.73. The normalized spacial score (nSPS) is 17.6. The minimum Gasteiger partial charge on any atom is -0.496 e. The third-order valence-corrected chi connectivity index (χ3v) is 6.61. The Bertz CT molecular complexity index is 1510. The average molecular weight is 534 g/mol. The molecule has 2 atom stereocenters. The zero-order valence-electron chi connectivity index (χ0n) is 21.6. The van der Waals surface area contributed by atoms with Crippen LogP contribution >= 0.6 is 0 Å². The van der Waals surface area contributed by atoms with Gasteiger partial charge in [0.05, 0.1) is 46.2 Å². The van der Waals surface area contributed by atoms with Crippen LogP contribution in [0.25, 0.3) is 0 Å². The number of methoxy groups -OCH3 is 3. The van der Waals surface area contributed by atoms with Crippen molar-refractivity contribution in [3.8, 4) is 34.8 Å². The third-order valence-electron chi connectivity index (χ3n) is 6.61. The molecule has 12 nitrogen and oxygen atoms in total. The van der Waals surface area contributed by atoms with Crippen molar-refractivity contribution in [1.29, 1.82) is 5.26 Å². The van der Waals surface area contributed by atoms with E-state index in [9.17, 15) is 14.9 Å². The number of fused-ring (bicyclic) bond motifs is 2. The van der Waals surface area contributed by atoms with Crippen LogP contribution in [0.4, 0.5) is 11.8 Å². The van der Waals surface area contributed by atoms with Crippen LogP contribution in [0.3, 0.4) is 0 Å². The first kappa shape index (κ1) is 25.7. The maximum atomic E-state index is 13.4. The molecule has 3 aromatic rings. The second kappa shape index (κ2) is 10.8. The van der Waals surface area contributed by atoms with Crippen LogP contribution in [0.5, 0.6) is 28.7 Å². The van der Waals surface area contributed by atoms with Crippen LogP contribution in [0.15, 0.2) is 35.1 Å². The Morgan fingerprint density at radius 3 is 2.46 bits per heavy atom. The van der Waals surface area contributed by atoms with Crippen molar-refractivity contribution in [2.45, 2.75) is 18.9 Å². The highest BCUT2D eigenvalue weighted by atomic mass is 16.5. The SMILES string of the molecule is COc1cc(OC)c(C2c3c(nc(NCc4ccc5c(c4)OCCCO5)[nH]c3=O)NC(=O)C2C#N)cc1OC. The Morgan fingerprint density at radius 1 is 1.03 bits per heavy atom. The number of nitrogens with zero attached hydrogens (tertiary/aromatic N) is 2. The molecule has 39 heavy (non-hydrogen) atoms. The zero-order valence-corrected chi connectivity index (χ0v) is 21.6. The quantitative estimate of drug-likeness (QED) is 0.413. The van der Waals surface area contributed by atoms with Gasteiger partial charge in [0, 0.05) is 30.5 Å². The van der Waals surface area contributed by atoms with Crippen LogP contribution in [0, 0.1) is 17.2 Å². The summed E-state index contributed by atoms with van der Waals surface area (Å²) in [5.74, 6) is -0.147. The maximum Gasteiger partial charge on any atom is 0.258 e. The lowest BCUT2D eigenvalue weighted by Gasteiger charge is -2.29. The van der Waals surface area contributed by atoms with E-state index in [0.29, 0.717) is 54.1 Å². The van der Waals surface area contributed by atoms with Gasteiger partial charge in [-0.15, -0.1) is 0 Å². The summed E-state index contributed by atoms with van der Waals surface area (Å²) in [6.07, 6.45) is 0.803. The monoisotopic (exact) mass is 533 g/mol. The molecule has 2 aliphatic rings. The van der Waals surface area contributed by atoms with Crippen molar-refractivity contribution in [3.63, 3.8) is 0 Å². The van der Waals surface area contributed by atoms with Crippen LogP contribution in [0.2, 0.25) is 0 Å². The predicted molar refractivity (Wildman–Crippen MR) is 140 cm³/mol. The lowest BCUT2D eigenvalue weighted by atomic mass is 9.78. The highest BCUT2D eigenvalue weighted by molar-refractivity contribution is 5.98. The van der Waals surface area contributed by atoms with Gasteiger partial charge in [0.2, 0.25) is 11.9 Å². The predicted octanol–water partition coefficient (Wildman–Crippen LogP) is 2.79. The Labute approximate surface area is 223 Å². The molecule has 1 amide bonds. The molecule has 3 N–H and O–H groups in total. The molecule has 2 aliphatic heterocycles. The molecule has 12 heteroatoms. The Balaban J connectivity index is 1.50. The minimum atomic E-state index is -1.21. The van der Waals surface area contributed by atoms with Gasteiger partial charge in [-0.2, -0.15) is 10.2 Å². The molecule has 0 fully saturated rings. The molecule has 1 aromatic heterocycles. The van der Waals surface area contributed by atoms with Gasteiger partial charge in [0.1, 0.15) is 17.5 Å². The Hall–Kier alpha value is -4.92. The number of rotatable bonds is 7. The number of anilines is 2. The highest BCUT2D eigenvalue weighted by Gasteiger charge is 2.42. The number of aromatic amines is 1. The van der Waals surface area contributed by atoms with Gasteiger partial charge in [-0.1, -0.05) is 6.07 Å². The lowest BCUT2D eigenvalue weighted by Crippen LogP contribution is -2.38. The lowest BCUT2D eigenvalue weighted by molar-refractivity contribution is -0.119. The van der Waals surface area contributed by atoms with E-state index in [1.165, 1.54) is 21.3 Å². The Kier molecular flexibility index (Phi) is 7.14. The van der Waals surface area contributed by atoms with Gasteiger partial charge >= 0.3 is 0 Å². The van der Waals surface area contributed by atoms with Crippen molar-refractivity contribution in [1.82, 2.24) is 9.97 Å². The van der Waals surface area contributed by atoms with E-state index in [2.05, 4.69) is 20.6 Å². The molecule has 0 bridgehead atoms. The van der Waals surface area contributed by atoms with Crippen molar-refractivity contribution < 1.29 is 28.5 Å². The van der Waals surface area contributed by atoms with Gasteiger partial charge in [-0.05, 0) is 23.8 Å². The topological polar surface area (TPSA) is 157 Å². The molecule has 0 saturated heterocycles.